The molecule has 0 N–H and O–H groups in total. The smallest absolute Gasteiger partial charge is 0.160 e. The Hall–Kier alpha value is -7.50. The van der Waals surface area contributed by atoms with Crippen molar-refractivity contribution in [1.82, 2.24) is 19.1 Å². The van der Waals surface area contributed by atoms with Crippen molar-refractivity contribution >= 4 is 76.5 Å². The van der Waals surface area contributed by atoms with Gasteiger partial charge in [0.15, 0.2) is 5.82 Å². The van der Waals surface area contributed by atoms with Gasteiger partial charge in [-0.05, 0) is 78.9 Å². The van der Waals surface area contributed by atoms with Crippen LogP contribution in [0.3, 0.4) is 0 Å². The fourth-order valence-electron chi connectivity index (χ4n) is 8.74. The Morgan fingerprint density at radius 2 is 0.964 bits per heavy atom. The second-order valence-electron chi connectivity index (χ2n) is 14.1. The summed E-state index contributed by atoms with van der Waals surface area (Å²) < 4.78 is 11.5. The molecular weight excluding hydrogens is 673 g/mol. The quantitative estimate of drug-likeness (QED) is 0.183. The maximum absolute atomic E-state index is 6.76. The zero-order chi connectivity index (χ0) is 36.0. The lowest BCUT2D eigenvalue weighted by Crippen LogP contribution is -1.97. The maximum Gasteiger partial charge on any atom is 0.160 e. The highest BCUT2D eigenvalue weighted by Crippen LogP contribution is 2.46. The van der Waals surface area contributed by atoms with Gasteiger partial charge in [-0.3, -0.25) is 0 Å². The summed E-state index contributed by atoms with van der Waals surface area (Å²) in [6.07, 6.45) is 0. The molecule has 0 aliphatic heterocycles. The van der Waals surface area contributed by atoms with Crippen LogP contribution in [-0.4, -0.2) is 19.1 Å². The lowest BCUT2D eigenvalue weighted by molar-refractivity contribution is 0.673. The van der Waals surface area contributed by atoms with Gasteiger partial charge in [-0.25, -0.2) is 9.97 Å². The first-order chi connectivity index (χ1) is 27.3. The first-order valence-electron chi connectivity index (χ1n) is 18.6. The van der Waals surface area contributed by atoms with Gasteiger partial charge in [0.05, 0.1) is 38.7 Å². The van der Waals surface area contributed by atoms with Gasteiger partial charge in [0, 0.05) is 54.8 Å². The van der Waals surface area contributed by atoms with Crippen LogP contribution in [0.15, 0.2) is 186 Å². The SMILES string of the molecule is c1ccc(-c2nc(-c3ccc(-n4c5ccccc5c5c6c7c8oc9ccccc9c8ccc7n(-c7ccccc7)c6ccc54)cc3)nc3ccccc23)cc1. The molecule has 0 unspecified atom stereocenters. The molecule has 0 saturated carbocycles. The van der Waals surface area contributed by atoms with E-state index in [9.17, 15) is 0 Å². The van der Waals surface area contributed by atoms with Crippen LogP contribution in [0.25, 0.3) is 110 Å². The standard InChI is InChI=1S/C50H30N4O/c1-3-13-31(14-4-1)48-37-18-7-10-20-39(37)51-50(52-48)32-23-25-34(26-24-32)53-40-21-11-8-19-38(40)45-41(53)29-30-42-46(45)47-43(54(42)33-15-5-2-6-16-33)28-27-36-35-17-9-12-22-44(35)55-49(36)47/h1-30H. The summed E-state index contributed by atoms with van der Waals surface area (Å²) in [5, 5.41) is 8.00. The molecule has 0 radical (unpaired) electrons. The van der Waals surface area contributed by atoms with Crippen molar-refractivity contribution in [1.29, 1.82) is 0 Å². The molecule has 8 aromatic carbocycles. The third-order valence-corrected chi connectivity index (χ3v) is 11.1. The third kappa shape index (κ3) is 4.35. The molecule has 0 aliphatic rings. The Balaban J connectivity index is 1.12. The van der Waals surface area contributed by atoms with Crippen molar-refractivity contribution in [2.45, 2.75) is 0 Å². The van der Waals surface area contributed by atoms with E-state index in [0.717, 1.165) is 88.5 Å². The fraction of sp³-hybridized carbons (Fsp3) is 0. The highest BCUT2D eigenvalue weighted by atomic mass is 16.3. The molecule has 0 spiro atoms. The van der Waals surface area contributed by atoms with Gasteiger partial charge in [0.1, 0.15) is 11.2 Å². The molecule has 4 heterocycles. The normalized spacial score (nSPS) is 12.0. The Bertz CT molecular complexity index is 3470. The van der Waals surface area contributed by atoms with Crippen molar-refractivity contribution in [2.24, 2.45) is 0 Å². The minimum Gasteiger partial charge on any atom is -0.455 e. The van der Waals surface area contributed by atoms with Crippen molar-refractivity contribution in [3.8, 4) is 34.0 Å². The van der Waals surface area contributed by atoms with Gasteiger partial charge in [0.25, 0.3) is 0 Å². The van der Waals surface area contributed by atoms with E-state index < -0.39 is 0 Å². The third-order valence-electron chi connectivity index (χ3n) is 11.1. The topological polar surface area (TPSA) is 48.8 Å². The predicted octanol–water partition coefficient (Wildman–Crippen LogP) is 13.1. The van der Waals surface area contributed by atoms with Crippen LogP contribution in [0.1, 0.15) is 0 Å². The molecular formula is C50H30N4O. The van der Waals surface area contributed by atoms with Crippen LogP contribution in [0.4, 0.5) is 0 Å². The number of hydrogen-bond acceptors (Lipinski definition) is 3. The Morgan fingerprint density at radius 1 is 0.364 bits per heavy atom. The minimum absolute atomic E-state index is 0.705. The predicted molar refractivity (Wildman–Crippen MR) is 226 cm³/mol. The number of benzene rings is 8. The largest absolute Gasteiger partial charge is 0.455 e. The number of nitrogens with zero attached hydrogens (tertiary/aromatic N) is 4. The summed E-state index contributed by atoms with van der Waals surface area (Å²) in [7, 11) is 0. The molecule has 55 heavy (non-hydrogen) atoms. The number of fused-ring (bicyclic) bond motifs is 12. The summed E-state index contributed by atoms with van der Waals surface area (Å²) in [5.74, 6) is 0.705. The van der Waals surface area contributed by atoms with E-state index in [0.29, 0.717) is 5.82 Å². The molecule has 12 rings (SSSR count). The molecule has 5 heteroatoms. The summed E-state index contributed by atoms with van der Waals surface area (Å²) >= 11 is 0. The molecule has 0 fully saturated rings. The average Bonchev–Trinajstić information content (AvgIpc) is 3.91. The van der Waals surface area contributed by atoms with Crippen molar-refractivity contribution in [3.63, 3.8) is 0 Å². The van der Waals surface area contributed by atoms with Gasteiger partial charge in [0.2, 0.25) is 0 Å². The molecule has 0 bridgehead atoms. The summed E-state index contributed by atoms with van der Waals surface area (Å²) in [4.78, 5) is 10.2. The molecule has 5 nitrogen and oxygen atoms in total. The van der Waals surface area contributed by atoms with E-state index in [2.05, 4.69) is 167 Å². The van der Waals surface area contributed by atoms with Crippen molar-refractivity contribution < 1.29 is 4.42 Å². The second kappa shape index (κ2) is 11.5. The average molecular weight is 703 g/mol. The van der Waals surface area contributed by atoms with Crippen LogP contribution >= 0.6 is 0 Å². The number of rotatable bonds is 4. The molecule has 4 aromatic heterocycles. The van der Waals surface area contributed by atoms with Gasteiger partial charge < -0.3 is 13.6 Å². The second-order valence-corrected chi connectivity index (χ2v) is 14.1. The van der Waals surface area contributed by atoms with Gasteiger partial charge in [-0.2, -0.15) is 0 Å². The summed E-state index contributed by atoms with van der Waals surface area (Å²) in [6, 6.07) is 64.0. The van der Waals surface area contributed by atoms with E-state index in [1.54, 1.807) is 0 Å². The van der Waals surface area contributed by atoms with E-state index >= 15 is 0 Å². The van der Waals surface area contributed by atoms with Crippen LogP contribution < -0.4 is 0 Å². The molecule has 12 aromatic rings. The number of para-hydroxylation sites is 4. The van der Waals surface area contributed by atoms with E-state index in [1.165, 1.54) is 16.2 Å². The molecule has 0 amide bonds. The summed E-state index contributed by atoms with van der Waals surface area (Å²) in [5.41, 5.74) is 12.4. The van der Waals surface area contributed by atoms with Crippen molar-refractivity contribution in [2.75, 3.05) is 0 Å². The van der Waals surface area contributed by atoms with E-state index in [4.69, 9.17) is 14.4 Å². The molecule has 0 atom stereocenters. The first kappa shape index (κ1) is 30.0. The highest BCUT2D eigenvalue weighted by Gasteiger charge is 2.24. The van der Waals surface area contributed by atoms with Gasteiger partial charge in [-0.15, -0.1) is 0 Å². The number of furan rings is 1. The zero-order valence-corrected chi connectivity index (χ0v) is 29.5. The lowest BCUT2D eigenvalue weighted by Gasteiger charge is -2.11. The Morgan fingerprint density at radius 3 is 1.78 bits per heavy atom. The van der Waals surface area contributed by atoms with Crippen molar-refractivity contribution in [3.05, 3.63) is 182 Å². The van der Waals surface area contributed by atoms with Crippen LogP contribution in [-0.2, 0) is 0 Å². The Labute approximate surface area is 315 Å². The lowest BCUT2D eigenvalue weighted by atomic mass is 10.0. The van der Waals surface area contributed by atoms with Gasteiger partial charge in [-0.1, -0.05) is 103 Å². The van der Waals surface area contributed by atoms with Gasteiger partial charge >= 0.3 is 0 Å². The van der Waals surface area contributed by atoms with Crippen LogP contribution in [0, 0.1) is 0 Å². The van der Waals surface area contributed by atoms with E-state index in [-0.39, 0.29) is 0 Å². The van der Waals surface area contributed by atoms with Crippen LogP contribution in [0.2, 0.25) is 0 Å². The summed E-state index contributed by atoms with van der Waals surface area (Å²) in [6.45, 7) is 0. The monoisotopic (exact) mass is 702 g/mol. The highest BCUT2D eigenvalue weighted by molar-refractivity contribution is 6.34. The number of hydrogen-bond donors (Lipinski definition) is 0. The Kier molecular flexibility index (Phi) is 6.27. The zero-order valence-electron chi connectivity index (χ0n) is 29.5. The minimum atomic E-state index is 0.705. The molecule has 0 saturated heterocycles. The van der Waals surface area contributed by atoms with Crippen LogP contribution in [0.5, 0.6) is 0 Å². The fourth-order valence-corrected chi connectivity index (χ4v) is 8.74. The maximum atomic E-state index is 6.76. The number of aromatic nitrogens is 4. The molecule has 256 valence electrons. The molecule has 0 aliphatic carbocycles. The first-order valence-corrected chi connectivity index (χ1v) is 18.6. The van der Waals surface area contributed by atoms with E-state index in [1.807, 2.05) is 24.3 Å².